The molecule has 1 atom stereocenters. The number of benzene rings is 1. The molecule has 0 spiro atoms. The van der Waals surface area contributed by atoms with E-state index in [9.17, 15) is 4.79 Å². The predicted molar refractivity (Wildman–Crippen MR) is 106 cm³/mol. The summed E-state index contributed by atoms with van der Waals surface area (Å²) in [5.41, 5.74) is 14.3. The molecule has 1 unspecified atom stereocenters. The van der Waals surface area contributed by atoms with Crippen molar-refractivity contribution < 1.29 is 9.53 Å². The van der Waals surface area contributed by atoms with Crippen molar-refractivity contribution in [1.82, 2.24) is 14.9 Å². The minimum absolute atomic E-state index is 0.00159. The Morgan fingerprint density at radius 2 is 2.07 bits per heavy atom. The molecule has 3 rings (SSSR count). The maximum Gasteiger partial charge on any atom is 0.249 e. The number of fused-ring (bicyclic) bond motifs is 1. The molecular formula is C18H21Cl2N5O2. The minimum atomic E-state index is -0.105. The van der Waals surface area contributed by atoms with Crippen LogP contribution in [0.15, 0.2) is 18.2 Å². The van der Waals surface area contributed by atoms with E-state index < -0.39 is 0 Å². The van der Waals surface area contributed by atoms with Crippen LogP contribution in [-0.2, 0) is 28.9 Å². The Labute approximate surface area is 167 Å². The summed E-state index contributed by atoms with van der Waals surface area (Å²) in [5.74, 6) is 0.440. The maximum absolute atomic E-state index is 12.7. The number of hydrogen-bond acceptors (Lipinski definition) is 6. The van der Waals surface area contributed by atoms with E-state index in [1.807, 2.05) is 6.07 Å². The van der Waals surface area contributed by atoms with E-state index in [1.165, 1.54) is 7.11 Å². The summed E-state index contributed by atoms with van der Waals surface area (Å²) in [6.45, 7) is 0.396. The van der Waals surface area contributed by atoms with Gasteiger partial charge >= 0.3 is 0 Å². The SMILES string of the molecule is COCC(=O)N(Cc1ccc(Cl)c(Cl)c1)C1CCc2nc(N)nc(N)c2C1. The Balaban J connectivity index is 1.87. The number of carbonyl (C=O) groups excluding carboxylic acids is 1. The van der Waals surface area contributed by atoms with Gasteiger partial charge in [-0.15, -0.1) is 0 Å². The number of aromatic nitrogens is 2. The van der Waals surface area contributed by atoms with Crippen molar-refractivity contribution in [2.75, 3.05) is 25.2 Å². The summed E-state index contributed by atoms with van der Waals surface area (Å²) in [6.07, 6.45) is 1.99. The van der Waals surface area contributed by atoms with Gasteiger partial charge in [0.05, 0.1) is 15.7 Å². The number of ether oxygens (including phenoxy) is 1. The molecule has 0 saturated carbocycles. The van der Waals surface area contributed by atoms with Gasteiger partial charge in [-0.2, -0.15) is 4.98 Å². The number of methoxy groups -OCH3 is 1. The van der Waals surface area contributed by atoms with Gasteiger partial charge < -0.3 is 21.1 Å². The normalized spacial score (nSPS) is 16.0. The molecule has 1 heterocycles. The Morgan fingerprint density at radius 3 is 2.78 bits per heavy atom. The summed E-state index contributed by atoms with van der Waals surface area (Å²) >= 11 is 12.1. The van der Waals surface area contributed by atoms with Crippen LogP contribution in [0.3, 0.4) is 0 Å². The van der Waals surface area contributed by atoms with Crippen LogP contribution in [0, 0.1) is 0 Å². The average Bonchev–Trinajstić information content (AvgIpc) is 2.62. The fourth-order valence-corrected chi connectivity index (χ4v) is 3.69. The first kappa shape index (κ1) is 19.7. The summed E-state index contributed by atoms with van der Waals surface area (Å²) in [4.78, 5) is 22.8. The van der Waals surface area contributed by atoms with Crippen molar-refractivity contribution >= 4 is 40.9 Å². The average molecular weight is 410 g/mol. The first-order chi connectivity index (χ1) is 12.9. The summed E-state index contributed by atoms with van der Waals surface area (Å²) in [7, 11) is 1.50. The van der Waals surface area contributed by atoms with Crippen LogP contribution >= 0.6 is 23.2 Å². The number of anilines is 2. The lowest BCUT2D eigenvalue weighted by atomic mass is 9.90. The van der Waals surface area contributed by atoms with Gasteiger partial charge in [-0.05, 0) is 37.0 Å². The summed E-state index contributed by atoms with van der Waals surface area (Å²) in [6, 6.07) is 5.30. The van der Waals surface area contributed by atoms with Crippen LogP contribution in [0.1, 0.15) is 23.2 Å². The largest absolute Gasteiger partial charge is 0.383 e. The molecule has 144 valence electrons. The van der Waals surface area contributed by atoms with Gasteiger partial charge in [0, 0.05) is 25.3 Å². The number of halogens is 2. The number of nitrogen functional groups attached to an aromatic ring is 2. The molecule has 4 N–H and O–H groups in total. The molecule has 2 aromatic rings. The van der Waals surface area contributed by atoms with Crippen LogP contribution < -0.4 is 11.5 Å². The van der Waals surface area contributed by atoms with E-state index >= 15 is 0 Å². The van der Waals surface area contributed by atoms with E-state index in [0.717, 1.165) is 23.2 Å². The highest BCUT2D eigenvalue weighted by Gasteiger charge is 2.30. The maximum atomic E-state index is 12.7. The molecule has 0 fully saturated rings. The van der Waals surface area contributed by atoms with Gasteiger partial charge in [0.1, 0.15) is 12.4 Å². The van der Waals surface area contributed by atoms with Gasteiger partial charge in [-0.25, -0.2) is 4.98 Å². The first-order valence-electron chi connectivity index (χ1n) is 8.52. The Hall–Kier alpha value is -2.09. The third-order valence-corrected chi connectivity index (χ3v) is 5.40. The van der Waals surface area contributed by atoms with Crippen molar-refractivity contribution in [3.05, 3.63) is 45.1 Å². The second-order valence-electron chi connectivity index (χ2n) is 6.49. The van der Waals surface area contributed by atoms with Gasteiger partial charge in [0.25, 0.3) is 0 Å². The predicted octanol–water partition coefficient (Wildman–Crippen LogP) is 2.48. The number of nitrogens with zero attached hydrogens (tertiary/aromatic N) is 3. The topological polar surface area (TPSA) is 107 Å². The molecule has 1 aliphatic rings. The third-order valence-electron chi connectivity index (χ3n) is 4.66. The fraction of sp³-hybridized carbons (Fsp3) is 0.389. The lowest BCUT2D eigenvalue weighted by Crippen LogP contribution is -2.44. The molecule has 0 aliphatic heterocycles. The number of hydrogen-bond donors (Lipinski definition) is 2. The highest BCUT2D eigenvalue weighted by molar-refractivity contribution is 6.42. The van der Waals surface area contributed by atoms with E-state index in [0.29, 0.717) is 35.2 Å². The highest BCUT2D eigenvalue weighted by atomic mass is 35.5. The van der Waals surface area contributed by atoms with Crippen LogP contribution in [0.25, 0.3) is 0 Å². The Kier molecular flexibility index (Phi) is 6.04. The van der Waals surface area contributed by atoms with E-state index in [-0.39, 0.29) is 24.5 Å². The van der Waals surface area contributed by atoms with Crippen molar-refractivity contribution in [1.29, 1.82) is 0 Å². The number of aryl methyl sites for hydroxylation is 1. The minimum Gasteiger partial charge on any atom is -0.383 e. The molecule has 0 saturated heterocycles. The van der Waals surface area contributed by atoms with Crippen LogP contribution in [0.4, 0.5) is 11.8 Å². The highest BCUT2D eigenvalue weighted by Crippen LogP contribution is 2.29. The van der Waals surface area contributed by atoms with Crippen LogP contribution in [0.2, 0.25) is 10.0 Å². The Bertz CT molecular complexity index is 862. The molecule has 9 heteroatoms. The lowest BCUT2D eigenvalue weighted by molar-refractivity contribution is -0.138. The molecule has 7 nitrogen and oxygen atoms in total. The molecule has 1 amide bonds. The summed E-state index contributed by atoms with van der Waals surface area (Å²) in [5, 5.41) is 0.930. The van der Waals surface area contributed by atoms with Crippen molar-refractivity contribution in [3.63, 3.8) is 0 Å². The van der Waals surface area contributed by atoms with Crippen molar-refractivity contribution in [3.8, 4) is 0 Å². The Morgan fingerprint density at radius 1 is 1.30 bits per heavy atom. The lowest BCUT2D eigenvalue weighted by Gasteiger charge is -2.35. The van der Waals surface area contributed by atoms with Gasteiger partial charge in [0.15, 0.2) is 0 Å². The molecule has 27 heavy (non-hydrogen) atoms. The zero-order valence-corrected chi connectivity index (χ0v) is 16.4. The van der Waals surface area contributed by atoms with E-state index in [2.05, 4.69) is 9.97 Å². The van der Waals surface area contributed by atoms with Crippen LogP contribution in [-0.4, -0.2) is 40.5 Å². The number of nitrogens with two attached hydrogens (primary N) is 2. The van der Waals surface area contributed by atoms with E-state index in [4.69, 9.17) is 39.4 Å². The monoisotopic (exact) mass is 409 g/mol. The van der Waals surface area contributed by atoms with Gasteiger partial charge in [-0.3, -0.25) is 4.79 Å². The smallest absolute Gasteiger partial charge is 0.249 e. The quantitative estimate of drug-likeness (QED) is 0.784. The molecular weight excluding hydrogens is 389 g/mol. The van der Waals surface area contributed by atoms with E-state index in [1.54, 1.807) is 17.0 Å². The first-order valence-corrected chi connectivity index (χ1v) is 9.27. The van der Waals surface area contributed by atoms with Crippen LogP contribution in [0.5, 0.6) is 0 Å². The second kappa shape index (κ2) is 8.29. The zero-order chi connectivity index (χ0) is 19.6. The van der Waals surface area contributed by atoms with Gasteiger partial charge in [-0.1, -0.05) is 29.3 Å². The van der Waals surface area contributed by atoms with Crippen molar-refractivity contribution in [2.24, 2.45) is 0 Å². The number of carbonyl (C=O) groups is 1. The second-order valence-corrected chi connectivity index (χ2v) is 7.31. The van der Waals surface area contributed by atoms with Gasteiger partial charge in [0.2, 0.25) is 11.9 Å². The van der Waals surface area contributed by atoms with Crippen molar-refractivity contribution in [2.45, 2.75) is 31.8 Å². The number of amides is 1. The summed E-state index contributed by atoms with van der Waals surface area (Å²) < 4.78 is 5.06. The fourth-order valence-electron chi connectivity index (χ4n) is 3.37. The molecule has 1 aliphatic carbocycles. The third kappa shape index (κ3) is 4.43. The molecule has 1 aromatic heterocycles. The standard InChI is InChI=1S/C18H21Cl2N5O2/c1-27-9-16(26)25(8-10-2-4-13(19)14(20)6-10)11-3-5-15-12(7-11)17(21)24-18(22)23-15/h2,4,6,11H,3,5,7-9H2,1H3,(H4,21,22,23,24). The number of rotatable bonds is 5. The molecule has 0 radical (unpaired) electrons. The zero-order valence-electron chi connectivity index (χ0n) is 14.9. The molecule has 0 bridgehead atoms. The molecule has 1 aromatic carbocycles.